The largest absolute Gasteiger partial charge is 0.217 e. The highest BCUT2D eigenvalue weighted by Gasteiger charge is 2.44. The Morgan fingerprint density at radius 2 is 1.85 bits per heavy atom. The van der Waals surface area contributed by atoms with Crippen molar-refractivity contribution in [3.63, 3.8) is 0 Å². The fraction of sp³-hybridized carbons (Fsp3) is 0.571. The molecule has 1 heterocycles. The molecule has 1 saturated carbocycles. The maximum atomic E-state index is 14.0. The average molecular weight is 301 g/mol. The van der Waals surface area contributed by atoms with Gasteiger partial charge in [0.1, 0.15) is 11.6 Å². The van der Waals surface area contributed by atoms with Crippen LogP contribution in [0.3, 0.4) is 0 Å². The second-order valence-corrected chi connectivity index (χ2v) is 7.70. The lowest BCUT2D eigenvalue weighted by Gasteiger charge is -2.35. The lowest BCUT2D eigenvalue weighted by Crippen LogP contribution is -2.40. The molecular formula is C14H17F2NO2S. The molecule has 1 aromatic carbocycles. The first kappa shape index (κ1) is 13.9. The van der Waals surface area contributed by atoms with Gasteiger partial charge in [-0.3, -0.25) is 0 Å². The van der Waals surface area contributed by atoms with Crippen molar-refractivity contribution in [1.29, 1.82) is 0 Å². The number of hydrogen-bond acceptors (Lipinski definition) is 2. The van der Waals surface area contributed by atoms with Gasteiger partial charge >= 0.3 is 0 Å². The van der Waals surface area contributed by atoms with Gasteiger partial charge in [0.25, 0.3) is 0 Å². The molecule has 1 aliphatic carbocycles. The van der Waals surface area contributed by atoms with Gasteiger partial charge < -0.3 is 0 Å². The van der Waals surface area contributed by atoms with Gasteiger partial charge in [0.15, 0.2) is 0 Å². The molecule has 1 atom stereocenters. The van der Waals surface area contributed by atoms with E-state index < -0.39 is 27.7 Å². The third-order valence-electron chi connectivity index (χ3n) is 4.05. The number of nitrogens with zero attached hydrogens (tertiary/aromatic N) is 1. The Balaban J connectivity index is 1.96. The molecule has 0 aromatic heterocycles. The van der Waals surface area contributed by atoms with Crippen molar-refractivity contribution in [1.82, 2.24) is 4.31 Å². The summed E-state index contributed by atoms with van der Waals surface area (Å²) in [6, 6.07) is 2.90. The molecule has 110 valence electrons. The molecule has 6 heteroatoms. The Labute approximate surface area is 117 Å². The van der Waals surface area contributed by atoms with E-state index in [2.05, 4.69) is 0 Å². The average Bonchev–Trinajstić information content (AvgIpc) is 3.23. The van der Waals surface area contributed by atoms with Crippen molar-refractivity contribution in [2.45, 2.75) is 43.4 Å². The Morgan fingerprint density at radius 3 is 2.50 bits per heavy atom. The number of sulfonamides is 1. The zero-order chi connectivity index (χ0) is 14.3. The first-order chi connectivity index (χ1) is 9.50. The summed E-state index contributed by atoms with van der Waals surface area (Å²) < 4.78 is 53.3. The van der Waals surface area contributed by atoms with E-state index in [1.165, 1.54) is 16.4 Å². The van der Waals surface area contributed by atoms with Crippen LogP contribution >= 0.6 is 0 Å². The monoisotopic (exact) mass is 301 g/mol. The van der Waals surface area contributed by atoms with Crippen molar-refractivity contribution in [2.75, 3.05) is 6.54 Å². The van der Waals surface area contributed by atoms with Crippen LogP contribution in [0.5, 0.6) is 0 Å². The second kappa shape index (κ2) is 5.07. The van der Waals surface area contributed by atoms with E-state index >= 15 is 0 Å². The lowest BCUT2D eigenvalue weighted by atomic mass is 9.97. The molecular weight excluding hydrogens is 284 g/mol. The highest BCUT2D eigenvalue weighted by atomic mass is 32.2. The van der Waals surface area contributed by atoms with E-state index in [9.17, 15) is 17.2 Å². The van der Waals surface area contributed by atoms with Crippen LogP contribution in [0.4, 0.5) is 8.78 Å². The summed E-state index contributed by atoms with van der Waals surface area (Å²) in [5.74, 6) is -1.30. The third-order valence-corrected chi connectivity index (χ3v) is 6.45. The fourth-order valence-electron chi connectivity index (χ4n) is 2.85. The van der Waals surface area contributed by atoms with E-state index in [0.29, 0.717) is 25.8 Å². The smallest absolute Gasteiger partial charge is 0.212 e. The zero-order valence-electron chi connectivity index (χ0n) is 11.1. The minimum absolute atomic E-state index is 0.287. The fourth-order valence-corrected chi connectivity index (χ4v) is 4.92. The first-order valence-electron chi connectivity index (χ1n) is 6.96. The molecule has 2 fully saturated rings. The lowest BCUT2D eigenvalue weighted by molar-refractivity contribution is 0.250. The van der Waals surface area contributed by atoms with Crippen LogP contribution in [0.15, 0.2) is 18.2 Å². The minimum atomic E-state index is -3.34. The van der Waals surface area contributed by atoms with Gasteiger partial charge in [-0.15, -0.1) is 0 Å². The quantitative estimate of drug-likeness (QED) is 0.860. The van der Waals surface area contributed by atoms with Crippen LogP contribution in [0.2, 0.25) is 0 Å². The maximum Gasteiger partial charge on any atom is 0.217 e. The Morgan fingerprint density at radius 1 is 1.10 bits per heavy atom. The minimum Gasteiger partial charge on any atom is -0.212 e. The van der Waals surface area contributed by atoms with Crippen molar-refractivity contribution in [3.8, 4) is 0 Å². The number of benzene rings is 1. The van der Waals surface area contributed by atoms with Gasteiger partial charge in [-0.25, -0.2) is 17.2 Å². The van der Waals surface area contributed by atoms with E-state index in [4.69, 9.17) is 0 Å². The maximum absolute atomic E-state index is 14.0. The summed E-state index contributed by atoms with van der Waals surface area (Å²) in [7, 11) is -3.34. The van der Waals surface area contributed by atoms with Gasteiger partial charge in [0, 0.05) is 18.2 Å². The Hall–Kier alpha value is -1.01. The molecule has 2 aliphatic rings. The number of halogens is 2. The van der Waals surface area contributed by atoms with Crippen LogP contribution < -0.4 is 0 Å². The summed E-state index contributed by atoms with van der Waals surface area (Å²) in [6.45, 7) is 0.431. The summed E-state index contributed by atoms with van der Waals surface area (Å²) in [6.07, 6.45) is 3.63. The second-order valence-electron chi connectivity index (χ2n) is 5.53. The van der Waals surface area contributed by atoms with Gasteiger partial charge in [-0.1, -0.05) is 12.5 Å². The zero-order valence-corrected chi connectivity index (χ0v) is 11.9. The van der Waals surface area contributed by atoms with Gasteiger partial charge in [0.05, 0.1) is 11.3 Å². The van der Waals surface area contributed by atoms with Crippen LogP contribution in [-0.2, 0) is 10.0 Å². The number of hydrogen-bond donors (Lipinski definition) is 0. The van der Waals surface area contributed by atoms with Gasteiger partial charge in [-0.2, -0.15) is 4.31 Å². The highest BCUT2D eigenvalue weighted by Crippen LogP contribution is 2.40. The molecule has 0 N–H and O–H groups in total. The topological polar surface area (TPSA) is 37.4 Å². The van der Waals surface area contributed by atoms with E-state index in [-0.39, 0.29) is 10.8 Å². The number of piperidine rings is 1. The molecule has 3 nitrogen and oxygen atoms in total. The van der Waals surface area contributed by atoms with Gasteiger partial charge in [-0.05, 0) is 31.7 Å². The Bertz CT molecular complexity index is 614. The predicted octanol–water partition coefficient (Wildman–Crippen LogP) is 2.98. The van der Waals surface area contributed by atoms with Crippen molar-refractivity contribution in [3.05, 3.63) is 35.4 Å². The predicted molar refractivity (Wildman–Crippen MR) is 71.6 cm³/mol. The molecule has 0 bridgehead atoms. The summed E-state index contributed by atoms with van der Waals surface area (Å²) in [5.41, 5.74) is 0.287. The molecule has 0 spiro atoms. The van der Waals surface area contributed by atoms with Crippen LogP contribution in [0, 0.1) is 11.6 Å². The highest BCUT2D eigenvalue weighted by molar-refractivity contribution is 7.90. The molecule has 1 saturated heterocycles. The van der Waals surface area contributed by atoms with Crippen molar-refractivity contribution >= 4 is 10.0 Å². The molecule has 1 unspecified atom stereocenters. The molecule has 1 aliphatic heterocycles. The van der Waals surface area contributed by atoms with Crippen molar-refractivity contribution < 1.29 is 17.2 Å². The SMILES string of the molecule is O=S(=O)(C1CC1)N1CCCCC1c1ccc(F)cc1F. The third kappa shape index (κ3) is 2.46. The Kier molecular flexibility index (Phi) is 3.54. The summed E-state index contributed by atoms with van der Waals surface area (Å²) in [5, 5.41) is -0.299. The first-order valence-corrected chi connectivity index (χ1v) is 8.46. The van der Waals surface area contributed by atoms with E-state index in [0.717, 1.165) is 18.9 Å². The van der Waals surface area contributed by atoms with Crippen LogP contribution in [0.1, 0.15) is 43.7 Å². The van der Waals surface area contributed by atoms with Crippen LogP contribution in [-0.4, -0.2) is 24.5 Å². The van der Waals surface area contributed by atoms with E-state index in [1.807, 2.05) is 0 Å². The van der Waals surface area contributed by atoms with Crippen molar-refractivity contribution in [2.24, 2.45) is 0 Å². The van der Waals surface area contributed by atoms with Crippen LogP contribution in [0.25, 0.3) is 0 Å². The summed E-state index contributed by atoms with van der Waals surface area (Å²) in [4.78, 5) is 0. The van der Waals surface area contributed by atoms with E-state index in [1.54, 1.807) is 0 Å². The summed E-state index contributed by atoms with van der Waals surface area (Å²) >= 11 is 0. The molecule has 1 aromatic rings. The van der Waals surface area contributed by atoms with Gasteiger partial charge in [0.2, 0.25) is 10.0 Å². The molecule has 0 radical (unpaired) electrons. The molecule has 20 heavy (non-hydrogen) atoms. The molecule has 0 amide bonds. The number of rotatable bonds is 3. The normalized spacial score (nSPS) is 24.8. The standard InChI is InChI=1S/C14H17F2NO2S/c15-10-4-7-12(13(16)9-10)14-3-1-2-8-17(14)20(18,19)11-5-6-11/h4,7,9,11,14H,1-3,5-6,8H2. The molecule has 3 rings (SSSR count).